The zero-order valence-corrected chi connectivity index (χ0v) is 11.3. The SMILES string of the molecule is Cc1cc(-c2nc3n(c2N)CC(C)CC3)ccc1F. The van der Waals surface area contributed by atoms with Crippen LogP contribution in [0.15, 0.2) is 18.2 Å². The number of hydrogen-bond donors (Lipinski definition) is 1. The fraction of sp³-hybridized carbons (Fsp3) is 0.400. The van der Waals surface area contributed by atoms with Crippen molar-refractivity contribution in [1.82, 2.24) is 9.55 Å². The van der Waals surface area contributed by atoms with E-state index in [1.807, 2.05) is 6.07 Å². The van der Waals surface area contributed by atoms with Crippen LogP contribution < -0.4 is 5.73 Å². The van der Waals surface area contributed by atoms with Crippen molar-refractivity contribution in [3.05, 3.63) is 35.4 Å². The Morgan fingerprint density at radius 2 is 2.21 bits per heavy atom. The van der Waals surface area contributed by atoms with Gasteiger partial charge >= 0.3 is 0 Å². The molecule has 0 saturated heterocycles. The van der Waals surface area contributed by atoms with Crippen molar-refractivity contribution in [2.45, 2.75) is 33.2 Å². The fourth-order valence-electron chi connectivity index (χ4n) is 2.69. The second kappa shape index (κ2) is 4.37. The maximum atomic E-state index is 13.3. The molecule has 19 heavy (non-hydrogen) atoms. The normalized spacial score (nSPS) is 18.4. The summed E-state index contributed by atoms with van der Waals surface area (Å²) in [7, 11) is 0. The molecule has 1 aromatic heterocycles. The first-order valence-electron chi connectivity index (χ1n) is 6.67. The lowest BCUT2D eigenvalue weighted by Gasteiger charge is -2.20. The van der Waals surface area contributed by atoms with E-state index in [0.717, 1.165) is 36.5 Å². The second-order valence-corrected chi connectivity index (χ2v) is 5.48. The molecule has 1 aliphatic heterocycles. The molecular formula is C15H18FN3. The Labute approximate surface area is 112 Å². The molecule has 0 fully saturated rings. The Balaban J connectivity index is 2.08. The summed E-state index contributed by atoms with van der Waals surface area (Å²) in [5, 5.41) is 0. The predicted molar refractivity (Wildman–Crippen MR) is 74.3 cm³/mol. The Kier molecular flexibility index (Phi) is 2.81. The highest BCUT2D eigenvalue weighted by Crippen LogP contribution is 2.31. The molecule has 4 heteroatoms. The Bertz CT molecular complexity index is 631. The van der Waals surface area contributed by atoms with Crippen molar-refractivity contribution >= 4 is 5.82 Å². The van der Waals surface area contributed by atoms with E-state index < -0.39 is 0 Å². The van der Waals surface area contributed by atoms with Gasteiger partial charge in [0.15, 0.2) is 0 Å². The van der Waals surface area contributed by atoms with Gasteiger partial charge in [-0.2, -0.15) is 0 Å². The number of nitrogens with two attached hydrogens (primary N) is 1. The number of rotatable bonds is 1. The minimum Gasteiger partial charge on any atom is -0.383 e. The van der Waals surface area contributed by atoms with Gasteiger partial charge in [0.1, 0.15) is 23.2 Å². The fourth-order valence-corrected chi connectivity index (χ4v) is 2.69. The lowest BCUT2D eigenvalue weighted by atomic mass is 10.0. The van der Waals surface area contributed by atoms with Crippen LogP contribution in [0.5, 0.6) is 0 Å². The van der Waals surface area contributed by atoms with Crippen LogP contribution in [0, 0.1) is 18.7 Å². The minimum atomic E-state index is -0.195. The summed E-state index contributed by atoms with van der Waals surface area (Å²) in [6, 6.07) is 5.03. The first-order valence-corrected chi connectivity index (χ1v) is 6.67. The van der Waals surface area contributed by atoms with Crippen LogP contribution in [0.1, 0.15) is 24.7 Å². The summed E-state index contributed by atoms with van der Waals surface area (Å²) < 4.78 is 15.4. The summed E-state index contributed by atoms with van der Waals surface area (Å²) in [4.78, 5) is 4.64. The molecule has 2 heterocycles. The lowest BCUT2D eigenvalue weighted by Crippen LogP contribution is -2.19. The van der Waals surface area contributed by atoms with E-state index in [1.165, 1.54) is 6.07 Å². The van der Waals surface area contributed by atoms with E-state index in [0.29, 0.717) is 17.3 Å². The molecule has 1 atom stereocenters. The Morgan fingerprint density at radius 1 is 1.42 bits per heavy atom. The van der Waals surface area contributed by atoms with Gasteiger partial charge in [-0.15, -0.1) is 0 Å². The number of aryl methyl sites for hydroxylation is 2. The van der Waals surface area contributed by atoms with Gasteiger partial charge < -0.3 is 10.3 Å². The smallest absolute Gasteiger partial charge is 0.131 e. The van der Waals surface area contributed by atoms with Gasteiger partial charge in [0.2, 0.25) is 0 Å². The highest BCUT2D eigenvalue weighted by Gasteiger charge is 2.22. The third kappa shape index (κ3) is 2.01. The first-order chi connectivity index (χ1) is 9.06. The van der Waals surface area contributed by atoms with Gasteiger partial charge in [-0.25, -0.2) is 9.37 Å². The molecule has 1 aromatic carbocycles. The molecule has 1 aliphatic rings. The third-order valence-electron chi connectivity index (χ3n) is 3.87. The van der Waals surface area contributed by atoms with Crippen LogP contribution in [0.3, 0.4) is 0 Å². The highest BCUT2D eigenvalue weighted by molar-refractivity contribution is 5.71. The largest absolute Gasteiger partial charge is 0.383 e. The number of anilines is 1. The number of nitrogen functional groups attached to an aromatic ring is 1. The van der Waals surface area contributed by atoms with Crippen LogP contribution >= 0.6 is 0 Å². The average molecular weight is 259 g/mol. The molecule has 2 aromatic rings. The highest BCUT2D eigenvalue weighted by atomic mass is 19.1. The number of benzene rings is 1. The molecule has 0 radical (unpaired) electrons. The lowest BCUT2D eigenvalue weighted by molar-refractivity contribution is 0.397. The predicted octanol–water partition coefficient (Wildman–Crippen LogP) is 3.16. The van der Waals surface area contributed by atoms with Crippen molar-refractivity contribution in [3.8, 4) is 11.3 Å². The van der Waals surface area contributed by atoms with E-state index in [1.54, 1.807) is 13.0 Å². The first kappa shape index (κ1) is 12.2. The summed E-state index contributed by atoms with van der Waals surface area (Å²) in [5.41, 5.74) is 8.51. The van der Waals surface area contributed by atoms with E-state index in [9.17, 15) is 4.39 Å². The number of nitrogens with zero attached hydrogens (tertiary/aromatic N) is 2. The Hall–Kier alpha value is -1.84. The van der Waals surface area contributed by atoms with E-state index in [4.69, 9.17) is 5.73 Å². The molecule has 100 valence electrons. The molecule has 0 bridgehead atoms. The number of halogens is 1. The molecule has 3 nitrogen and oxygen atoms in total. The van der Waals surface area contributed by atoms with Gasteiger partial charge in [0.05, 0.1) is 0 Å². The van der Waals surface area contributed by atoms with Crippen LogP contribution in [-0.2, 0) is 13.0 Å². The maximum absolute atomic E-state index is 13.3. The number of fused-ring (bicyclic) bond motifs is 1. The van der Waals surface area contributed by atoms with Crippen LogP contribution in [-0.4, -0.2) is 9.55 Å². The Morgan fingerprint density at radius 3 is 2.95 bits per heavy atom. The molecule has 0 spiro atoms. The molecule has 3 rings (SSSR count). The van der Waals surface area contributed by atoms with Crippen LogP contribution in [0.2, 0.25) is 0 Å². The number of aromatic nitrogens is 2. The molecule has 0 saturated carbocycles. The average Bonchev–Trinajstić information content (AvgIpc) is 2.70. The monoisotopic (exact) mass is 259 g/mol. The summed E-state index contributed by atoms with van der Waals surface area (Å²) >= 11 is 0. The maximum Gasteiger partial charge on any atom is 0.131 e. The third-order valence-corrected chi connectivity index (χ3v) is 3.87. The molecule has 0 aliphatic carbocycles. The number of imidazole rings is 1. The van der Waals surface area contributed by atoms with Crippen LogP contribution in [0.25, 0.3) is 11.3 Å². The quantitative estimate of drug-likeness (QED) is 0.855. The van der Waals surface area contributed by atoms with Crippen LogP contribution in [0.4, 0.5) is 10.2 Å². The molecule has 1 unspecified atom stereocenters. The zero-order chi connectivity index (χ0) is 13.6. The zero-order valence-electron chi connectivity index (χ0n) is 11.3. The van der Waals surface area contributed by atoms with Gasteiger partial charge in [-0.3, -0.25) is 0 Å². The van der Waals surface area contributed by atoms with Gasteiger partial charge in [0, 0.05) is 18.5 Å². The van der Waals surface area contributed by atoms with Crippen molar-refractivity contribution in [3.63, 3.8) is 0 Å². The molecular weight excluding hydrogens is 241 g/mol. The number of hydrogen-bond acceptors (Lipinski definition) is 2. The summed E-state index contributed by atoms with van der Waals surface area (Å²) in [6.07, 6.45) is 2.11. The van der Waals surface area contributed by atoms with Gasteiger partial charge in [-0.1, -0.05) is 6.92 Å². The van der Waals surface area contributed by atoms with Crippen molar-refractivity contribution in [1.29, 1.82) is 0 Å². The van der Waals surface area contributed by atoms with Crippen molar-refractivity contribution < 1.29 is 4.39 Å². The summed E-state index contributed by atoms with van der Waals surface area (Å²) in [5.74, 6) is 2.19. The minimum absolute atomic E-state index is 0.195. The molecule has 0 amide bonds. The van der Waals surface area contributed by atoms with Gasteiger partial charge in [0.25, 0.3) is 0 Å². The van der Waals surface area contributed by atoms with E-state index in [-0.39, 0.29) is 5.82 Å². The van der Waals surface area contributed by atoms with Crippen molar-refractivity contribution in [2.24, 2.45) is 5.92 Å². The second-order valence-electron chi connectivity index (χ2n) is 5.48. The van der Waals surface area contributed by atoms with E-state index in [2.05, 4.69) is 16.5 Å². The van der Waals surface area contributed by atoms with Gasteiger partial charge in [-0.05, 0) is 43.0 Å². The summed E-state index contributed by atoms with van der Waals surface area (Å²) in [6.45, 7) is 4.91. The standard InChI is InChI=1S/C15H18FN3/c1-9-3-6-13-18-14(15(17)19(13)8-9)11-4-5-12(16)10(2)7-11/h4-5,7,9H,3,6,8,17H2,1-2H3. The topological polar surface area (TPSA) is 43.8 Å². The van der Waals surface area contributed by atoms with Crippen molar-refractivity contribution in [2.75, 3.05) is 5.73 Å². The van der Waals surface area contributed by atoms with E-state index >= 15 is 0 Å². The molecule has 2 N–H and O–H groups in total.